The molecule has 0 aromatic carbocycles. The van der Waals surface area contributed by atoms with Crippen molar-refractivity contribution < 1.29 is 4.79 Å². The largest absolute Gasteiger partial charge is 0.368 e. The molecule has 2 aromatic rings. The van der Waals surface area contributed by atoms with Gasteiger partial charge >= 0.3 is 0 Å². The highest BCUT2D eigenvalue weighted by molar-refractivity contribution is 5.92. The Morgan fingerprint density at radius 3 is 2.82 bits per heavy atom. The van der Waals surface area contributed by atoms with Crippen LogP contribution >= 0.6 is 0 Å². The van der Waals surface area contributed by atoms with E-state index in [4.69, 9.17) is 5.73 Å². The summed E-state index contributed by atoms with van der Waals surface area (Å²) < 4.78 is 1.79. The van der Waals surface area contributed by atoms with E-state index in [9.17, 15) is 4.79 Å². The fourth-order valence-electron chi connectivity index (χ4n) is 2.12. The number of rotatable bonds is 6. The average molecular weight is 302 g/mol. The Bertz CT molecular complexity index is 649. The van der Waals surface area contributed by atoms with Gasteiger partial charge in [-0.05, 0) is 30.9 Å². The quantitative estimate of drug-likeness (QED) is 0.835. The zero-order chi connectivity index (χ0) is 16.1. The molecule has 118 valence electrons. The third-order valence-electron chi connectivity index (χ3n) is 3.04. The molecule has 2 aromatic heterocycles. The number of nitrogens with one attached hydrogen (secondary N) is 1. The lowest BCUT2D eigenvalue weighted by atomic mass is 10.1. The van der Waals surface area contributed by atoms with Gasteiger partial charge in [-0.2, -0.15) is 5.10 Å². The van der Waals surface area contributed by atoms with Crippen molar-refractivity contribution in [1.82, 2.24) is 25.1 Å². The van der Waals surface area contributed by atoms with Gasteiger partial charge in [-0.3, -0.25) is 9.48 Å². The van der Waals surface area contributed by atoms with Crippen molar-refractivity contribution in [2.24, 2.45) is 5.92 Å². The number of carbonyl (C=O) groups is 1. The molecule has 2 rings (SSSR count). The summed E-state index contributed by atoms with van der Waals surface area (Å²) >= 11 is 0. The van der Waals surface area contributed by atoms with Crippen LogP contribution in [0, 0.1) is 12.8 Å². The van der Waals surface area contributed by atoms with Gasteiger partial charge in [0.2, 0.25) is 5.95 Å². The number of hydrogen-bond donors (Lipinski definition) is 2. The Morgan fingerprint density at radius 2 is 2.18 bits per heavy atom. The fraction of sp³-hybridized carbons (Fsp3) is 0.467. The summed E-state index contributed by atoms with van der Waals surface area (Å²) in [6, 6.07) is 1.70. The first-order chi connectivity index (χ1) is 10.4. The van der Waals surface area contributed by atoms with Crippen molar-refractivity contribution in [3.05, 3.63) is 35.4 Å². The van der Waals surface area contributed by atoms with E-state index in [2.05, 4.69) is 34.2 Å². The first-order valence-corrected chi connectivity index (χ1v) is 7.34. The summed E-state index contributed by atoms with van der Waals surface area (Å²) in [7, 11) is 0. The minimum Gasteiger partial charge on any atom is -0.368 e. The van der Waals surface area contributed by atoms with Crippen LogP contribution in [-0.4, -0.2) is 32.2 Å². The van der Waals surface area contributed by atoms with Crippen molar-refractivity contribution >= 4 is 11.9 Å². The van der Waals surface area contributed by atoms with E-state index < -0.39 is 0 Å². The number of nitrogens with zero attached hydrogens (tertiary/aromatic N) is 4. The number of aryl methyl sites for hydroxylation is 1. The molecular weight excluding hydrogens is 280 g/mol. The van der Waals surface area contributed by atoms with Crippen molar-refractivity contribution in [2.45, 2.75) is 33.7 Å². The van der Waals surface area contributed by atoms with E-state index in [1.54, 1.807) is 16.9 Å². The average Bonchev–Trinajstić information content (AvgIpc) is 2.83. The molecule has 2 heterocycles. The Morgan fingerprint density at radius 1 is 1.41 bits per heavy atom. The maximum atomic E-state index is 12.1. The lowest BCUT2D eigenvalue weighted by Crippen LogP contribution is -2.28. The monoisotopic (exact) mass is 302 g/mol. The molecule has 0 aliphatic rings. The minimum absolute atomic E-state index is 0.131. The van der Waals surface area contributed by atoms with Crippen LogP contribution in [0.2, 0.25) is 0 Å². The Kier molecular flexibility index (Phi) is 5.08. The van der Waals surface area contributed by atoms with Crippen LogP contribution in [0.15, 0.2) is 18.5 Å². The molecule has 1 amide bonds. The van der Waals surface area contributed by atoms with E-state index in [0.717, 1.165) is 17.7 Å². The van der Waals surface area contributed by atoms with Gasteiger partial charge in [-0.1, -0.05) is 13.8 Å². The molecular formula is C15H22N6O. The van der Waals surface area contributed by atoms with Crippen molar-refractivity contribution in [2.75, 3.05) is 12.3 Å². The highest BCUT2D eigenvalue weighted by Gasteiger charge is 2.11. The summed E-state index contributed by atoms with van der Waals surface area (Å²) in [6.07, 6.45) is 4.47. The summed E-state index contributed by atoms with van der Waals surface area (Å²) in [5.41, 5.74) is 7.86. The van der Waals surface area contributed by atoms with Gasteiger partial charge in [0.1, 0.15) is 5.69 Å². The van der Waals surface area contributed by atoms with Gasteiger partial charge in [-0.15, -0.1) is 0 Å². The molecule has 0 aliphatic heterocycles. The molecule has 7 nitrogen and oxygen atoms in total. The lowest BCUT2D eigenvalue weighted by Gasteiger charge is -2.08. The number of hydrogen-bond acceptors (Lipinski definition) is 5. The molecule has 0 aliphatic carbocycles. The zero-order valence-electron chi connectivity index (χ0n) is 13.2. The van der Waals surface area contributed by atoms with Crippen LogP contribution < -0.4 is 11.1 Å². The van der Waals surface area contributed by atoms with Gasteiger partial charge < -0.3 is 11.1 Å². The Labute approximate surface area is 130 Å². The third-order valence-corrected chi connectivity index (χ3v) is 3.04. The number of nitrogen functional groups attached to an aromatic ring is 1. The van der Waals surface area contributed by atoms with Gasteiger partial charge in [0.25, 0.3) is 5.91 Å². The van der Waals surface area contributed by atoms with Gasteiger partial charge in [0.05, 0.1) is 12.7 Å². The predicted octanol–water partition coefficient (Wildman–Crippen LogP) is 1.19. The normalized spacial score (nSPS) is 10.9. The van der Waals surface area contributed by atoms with E-state index in [1.807, 2.05) is 13.1 Å². The van der Waals surface area contributed by atoms with Crippen molar-refractivity contribution in [3.8, 4) is 0 Å². The second kappa shape index (κ2) is 7.02. The molecule has 0 atom stereocenters. The molecule has 0 fully saturated rings. The fourth-order valence-corrected chi connectivity index (χ4v) is 2.12. The lowest BCUT2D eigenvalue weighted by molar-refractivity contribution is 0.0946. The van der Waals surface area contributed by atoms with Crippen molar-refractivity contribution in [3.63, 3.8) is 0 Å². The van der Waals surface area contributed by atoms with Crippen LogP contribution in [0.3, 0.4) is 0 Å². The highest BCUT2D eigenvalue weighted by atomic mass is 16.1. The predicted molar refractivity (Wildman–Crippen MR) is 84.3 cm³/mol. The van der Waals surface area contributed by atoms with E-state index >= 15 is 0 Å². The van der Waals surface area contributed by atoms with Crippen LogP contribution in [0.4, 0.5) is 5.95 Å². The van der Waals surface area contributed by atoms with E-state index in [0.29, 0.717) is 24.7 Å². The van der Waals surface area contributed by atoms with Crippen molar-refractivity contribution in [1.29, 1.82) is 0 Å². The number of nitrogens with two attached hydrogens (primary N) is 1. The maximum Gasteiger partial charge on any atom is 0.270 e. The maximum absolute atomic E-state index is 12.1. The highest BCUT2D eigenvalue weighted by Crippen LogP contribution is 2.08. The second-order valence-corrected chi connectivity index (χ2v) is 5.74. The molecule has 0 saturated heterocycles. The minimum atomic E-state index is -0.247. The van der Waals surface area contributed by atoms with Gasteiger partial charge in [0, 0.05) is 18.4 Å². The molecule has 0 unspecified atom stereocenters. The van der Waals surface area contributed by atoms with E-state index in [1.165, 1.54) is 0 Å². The molecule has 0 spiro atoms. The second-order valence-electron chi connectivity index (χ2n) is 5.74. The third kappa shape index (κ3) is 4.54. The standard InChI is InChI=1S/C15H22N6O/c1-10(2)6-12-7-13(20-15(16)19-12)14(22)17-4-5-21-9-11(3)8-18-21/h7-10H,4-6H2,1-3H3,(H,17,22)(H2,16,19,20). The topological polar surface area (TPSA) is 98.7 Å². The molecule has 3 N–H and O–H groups in total. The van der Waals surface area contributed by atoms with Gasteiger partial charge in [0.15, 0.2) is 0 Å². The smallest absolute Gasteiger partial charge is 0.270 e. The summed E-state index contributed by atoms with van der Waals surface area (Å²) in [6.45, 7) is 7.23. The Balaban J connectivity index is 1.95. The van der Waals surface area contributed by atoms with E-state index in [-0.39, 0.29) is 11.9 Å². The Hall–Kier alpha value is -2.44. The molecule has 0 saturated carbocycles. The first kappa shape index (κ1) is 15.9. The molecule has 0 bridgehead atoms. The van der Waals surface area contributed by atoms with Crippen LogP contribution in [0.25, 0.3) is 0 Å². The number of aromatic nitrogens is 4. The number of anilines is 1. The molecule has 7 heteroatoms. The number of amides is 1. The van der Waals surface area contributed by atoms with Crippen LogP contribution in [-0.2, 0) is 13.0 Å². The summed E-state index contributed by atoms with van der Waals surface area (Å²) in [5.74, 6) is 0.322. The SMILES string of the molecule is Cc1cnn(CCNC(=O)c2cc(CC(C)C)nc(N)n2)c1. The van der Waals surface area contributed by atoms with Crippen LogP contribution in [0.1, 0.15) is 35.6 Å². The number of carbonyl (C=O) groups excluding carboxylic acids is 1. The molecule has 0 radical (unpaired) electrons. The van der Waals surface area contributed by atoms with Gasteiger partial charge in [-0.25, -0.2) is 9.97 Å². The van der Waals surface area contributed by atoms with Crippen LogP contribution in [0.5, 0.6) is 0 Å². The zero-order valence-corrected chi connectivity index (χ0v) is 13.2. The first-order valence-electron chi connectivity index (χ1n) is 7.34. The summed E-state index contributed by atoms with van der Waals surface area (Å²) in [5, 5.41) is 6.98. The molecule has 22 heavy (non-hydrogen) atoms. The summed E-state index contributed by atoms with van der Waals surface area (Å²) in [4.78, 5) is 20.3.